The molecule has 1 aromatic heterocycles. The Morgan fingerprint density at radius 3 is 1.62 bits per heavy atom. The number of rotatable bonds is 5. The fourth-order valence-corrected chi connectivity index (χ4v) is 8.42. The molecule has 4 aliphatic rings. The second kappa shape index (κ2) is 10.0. The first kappa shape index (κ1) is 25.1. The molecule has 4 fully saturated rings. The molecule has 42 heavy (non-hydrogen) atoms. The Balaban J connectivity index is 1.21. The minimum Gasteiger partial charge on any atom is -0.238 e. The lowest BCUT2D eigenvalue weighted by molar-refractivity contribution is -0.00518. The van der Waals surface area contributed by atoms with Crippen LogP contribution in [0.25, 0.3) is 50.1 Å². The van der Waals surface area contributed by atoms with Crippen molar-refractivity contribution >= 4 is 5.69 Å². The predicted octanol–water partition coefficient (Wildman–Crippen LogP) is 9.56. The van der Waals surface area contributed by atoms with E-state index in [1.54, 1.807) is 0 Å². The molecule has 9 rings (SSSR count). The number of nitrogens with zero attached hydrogens (tertiary/aromatic N) is 4. The van der Waals surface area contributed by atoms with Crippen molar-refractivity contribution in [1.82, 2.24) is 15.0 Å². The van der Waals surface area contributed by atoms with Gasteiger partial charge in [0.15, 0.2) is 23.2 Å². The SMILES string of the molecule is [C-]#[N+]c1ccc(-c2ccccc2-c2nc(-c3ccccc3)nc(-c3ccc(C45CC6CC(CC(C6)C4)C5)cc3)n2)cc1. The van der Waals surface area contributed by atoms with Crippen LogP contribution in [0.1, 0.15) is 44.1 Å². The van der Waals surface area contributed by atoms with Gasteiger partial charge in [0.25, 0.3) is 0 Å². The maximum Gasteiger partial charge on any atom is 0.187 e. The molecule has 4 bridgehead atoms. The lowest BCUT2D eigenvalue weighted by atomic mass is 9.48. The van der Waals surface area contributed by atoms with E-state index < -0.39 is 0 Å². The largest absolute Gasteiger partial charge is 0.238 e. The van der Waals surface area contributed by atoms with Gasteiger partial charge in [-0.2, -0.15) is 0 Å². The summed E-state index contributed by atoms with van der Waals surface area (Å²) < 4.78 is 0. The summed E-state index contributed by atoms with van der Waals surface area (Å²) in [6.07, 6.45) is 8.45. The molecule has 4 aromatic carbocycles. The molecule has 0 radical (unpaired) electrons. The van der Waals surface area contributed by atoms with Crippen molar-refractivity contribution in [2.45, 2.75) is 43.9 Å². The van der Waals surface area contributed by atoms with Crippen molar-refractivity contribution < 1.29 is 0 Å². The Morgan fingerprint density at radius 1 is 0.524 bits per heavy atom. The zero-order valence-electron chi connectivity index (χ0n) is 23.6. The molecular formula is C38H32N4. The second-order valence-corrected chi connectivity index (χ2v) is 12.7. The average molecular weight is 545 g/mol. The molecule has 4 nitrogen and oxygen atoms in total. The van der Waals surface area contributed by atoms with Crippen LogP contribution in [0, 0.1) is 24.3 Å². The summed E-state index contributed by atoms with van der Waals surface area (Å²) in [5.41, 5.74) is 7.49. The third-order valence-corrected chi connectivity index (χ3v) is 9.94. The lowest BCUT2D eigenvalue weighted by Gasteiger charge is -2.57. The van der Waals surface area contributed by atoms with Gasteiger partial charge in [-0.1, -0.05) is 103 Å². The number of hydrogen-bond acceptors (Lipinski definition) is 3. The third-order valence-electron chi connectivity index (χ3n) is 9.94. The highest BCUT2D eigenvalue weighted by Crippen LogP contribution is 2.60. The fraction of sp³-hybridized carbons (Fsp3) is 0.263. The molecule has 0 atom stereocenters. The Labute approximate surface area is 247 Å². The minimum atomic E-state index is 0.370. The van der Waals surface area contributed by atoms with E-state index in [9.17, 15) is 0 Å². The van der Waals surface area contributed by atoms with E-state index in [1.165, 1.54) is 44.1 Å². The number of hydrogen-bond donors (Lipinski definition) is 0. The maximum atomic E-state index is 7.32. The molecular weight excluding hydrogens is 512 g/mol. The van der Waals surface area contributed by atoms with Crippen LogP contribution in [-0.4, -0.2) is 15.0 Å². The summed E-state index contributed by atoms with van der Waals surface area (Å²) in [7, 11) is 0. The summed E-state index contributed by atoms with van der Waals surface area (Å²) >= 11 is 0. The normalized spacial score (nSPS) is 23.9. The van der Waals surface area contributed by atoms with Crippen molar-refractivity contribution in [3.8, 4) is 45.3 Å². The zero-order valence-corrected chi connectivity index (χ0v) is 23.6. The maximum absolute atomic E-state index is 7.32. The van der Waals surface area contributed by atoms with Gasteiger partial charge in [0.1, 0.15) is 0 Å². The van der Waals surface area contributed by atoms with Crippen LogP contribution in [-0.2, 0) is 5.41 Å². The van der Waals surface area contributed by atoms with Gasteiger partial charge >= 0.3 is 0 Å². The van der Waals surface area contributed by atoms with E-state index in [1.807, 2.05) is 66.7 Å². The monoisotopic (exact) mass is 544 g/mol. The van der Waals surface area contributed by atoms with Crippen LogP contribution in [0.4, 0.5) is 5.69 Å². The van der Waals surface area contributed by atoms with Crippen LogP contribution in [0.5, 0.6) is 0 Å². The van der Waals surface area contributed by atoms with Crippen LogP contribution in [0.2, 0.25) is 0 Å². The molecule has 4 heteroatoms. The molecule has 0 N–H and O–H groups in total. The fourth-order valence-electron chi connectivity index (χ4n) is 8.42. The highest BCUT2D eigenvalue weighted by molar-refractivity contribution is 5.82. The van der Waals surface area contributed by atoms with Crippen molar-refractivity contribution in [1.29, 1.82) is 0 Å². The minimum absolute atomic E-state index is 0.370. The molecule has 4 saturated carbocycles. The standard InChI is InChI=1S/C38H32N4/c1-39-32-17-13-28(14-18-32)33-9-5-6-10-34(33)37-41-35(29-7-3-2-4-8-29)40-36(42-37)30-11-15-31(16-12-30)38-22-25-19-26(23-38)21-27(20-25)24-38/h2-18,25-27H,19-24H2. The summed E-state index contributed by atoms with van der Waals surface area (Å²) in [5, 5.41) is 0. The highest BCUT2D eigenvalue weighted by Gasteiger charge is 2.51. The molecule has 0 aliphatic heterocycles. The number of benzene rings is 4. The highest BCUT2D eigenvalue weighted by atomic mass is 15.0. The van der Waals surface area contributed by atoms with E-state index in [0.29, 0.717) is 28.6 Å². The van der Waals surface area contributed by atoms with Gasteiger partial charge in [-0.15, -0.1) is 0 Å². The van der Waals surface area contributed by atoms with E-state index in [2.05, 4.69) is 41.2 Å². The molecule has 204 valence electrons. The predicted molar refractivity (Wildman–Crippen MR) is 168 cm³/mol. The number of aromatic nitrogens is 3. The van der Waals surface area contributed by atoms with E-state index >= 15 is 0 Å². The van der Waals surface area contributed by atoms with Crippen LogP contribution in [0.15, 0.2) is 103 Å². The summed E-state index contributed by atoms with van der Waals surface area (Å²) in [4.78, 5) is 18.6. The molecule has 0 spiro atoms. The summed E-state index contributed by atoms with van der Waals surface area (Å²) in [6, 6.07) is 35.3. The van der Waals surface area contributed by atoms with Gasteiger partial charge in [0.2, 0.25) is 0 Å². The summed E-state index contributed by atoms with van der Waals surface area (Å²) in [6.45, 7) is 7.32. The van der Waals surface area contributed by atoms with E-state index in [-0.39, 0.29) is 0 Å². The molecule has 1 heterocycles. The van der Waals surface area contributed by atoms with E-state index in [0.717, 1.165) is 45.6 Å². The first-order chi connectivity index (χ1) is 20.7. The van der Waals surface area contributed by atoms with Gasteiger partial charge in [0.05, 0.1) is 6.57 Å². The third kappa shape index (κ3) is 4.41. The molecule has 0 saturated heterocycles. The zero-order chi connectivity index (χ0) is 28.1. The molecule has 4 aliphatic carbocycles. The average Bonchev–Trinajstić information content (AvgIpc) is 3.04. The quantitative estimate of drug-likeness (QED) is 0.207. The summed E-state index contributed by atoms with van der Waals surface area (Å²) in [5.74, 6) is 4.77. The van der Waals surface area contributed by atoms with Crippen molar-refractivity contribution in [2.75, 3.05) is 0 Å². The van der Waals surface area contributed by atoms with Gasteiger partial charge in [-0.05, 0) is 78.4 Å². The Hall–Kier alpha value is -4.62. The Kier molecular flexibility index (Phi) is 6.00. The first-order valence-electron chi connectivity index (χ1n) is 15.2. The van der Waals surface area contributed by atoms with Gasteiger partial charge in [-0.25, -0.2) is 19.8 Å². The van der Waals surface area contributed by atoms with Crippen LogP contribution < -0.4 is 0 Å². The van der Waals surface area contributed by atoms with Gasteiger partial charge < -0.3 is 0 Å². The Bertz CT molecular complexity index is 1760. The van der Waals surface area contributed by atoms with Crippen LogP contribution in [0.3, 0.4) is 0 Å². The van der Waals surface area contributed by atoms with Gasteiger partial charge in [0, 0.05) is 16.7 Å². The molecule has 0 amide bonds. The Morgan fingerprint density at radius 2 is 1.02 bits per heavy atom. The first-order valence-corrected chi connectivity index (χ1v) is 15.2. The van der Waals surface area contributed by atoms with Crippen molar-refractivity contribution in [3.63, 3.8) is 0 Å². The second-order valence-electron chi connectivity index (χ2n) is 12.7. The smallest absolute Gasteiger partial charge is 0.187 e. The van der Waals surface area contributed by atoms with Crippen molar-refractivity contribution in [3.05, 3.63) is 120 Å². The lowest BCUT2D eigenvalue weighted by Crippen LogP contribution is -2.48. The van der Waals surface area contributed by atoms with E-state index in [4.69, 9.17) is 21.5 Å². The van der Waals surface area contributed by atoms with Crippen LogP contribution >= 0.6 is 0 Å². The van der Waals surface area contributed by atoms with Gasteiger partial charge in [-0.3, -0.25) is 0 Å². The molecule has 5 aromatic rings. The molecule has 0 unspecified atom stereocenters. The topological polar surface area (TPSA) is 43.0 Å². The van der Waals surface area contributed by atoms with Crippen molar-refractivity contribution in [2.24, 2.45) is 17.8 Å².